The summed E-state index contributed by atoms with van der Waals surface area (Å²) in [7, 11) is 3.37. The predicted octanol–water partition coefficient (Wildman–Crippen LogP) is -0.666. The van der Waals surface area contributed by atoms with Crippen molar-refractivity contribution in [2.24, 2.45) is 0 Å². The molecule has 4 heteroatoms. The molecule has 1 amide bonds. The van der Waals surface area contributed by atoms with Gasteiger partial charge in [0.15, 0.2) is 0 Å². The van der Waals surface area contributed by atoms with E-state index in [0.29, 0.717) is 6.29 Å². The van der Waals surface area contributed by atoms with Crippen molar-refractivity contribution in [3.05, 3.63) is 12.2 Å². The smallest absolute Gasteiger partial charge is 0.258 e. The molecule has 0 bridgehead atoms. The van der Waals surface area contributed by atoms with Crippen molar-refractivity contribution in [2.45, 2.75) is 0 Å². The molecule has 0 atom stereocenters. The van der Waals surface area contributed by atoms with Crippen molar-refractivity contribution in [1.82, 2.24) is 10.4 Å². The van der Waals surface area contributed by atoms with Crippen molar-refractivity contribution in [2.75, 3.05) is 14.1 Å². The molecule has 0 fully saturated rings. The molecule has 4 nitrogen and oxygen atoms in total. The van der Waals surface area contributed by atoms with E-state index in [1.165, 1.54) is 5.01 Å². The Labute approximate surface area is 59.5 Å². The van der Waals surface area contributed by atoms with Crippen molar-refractivity contribution >= 4 is 12.2 Å². The topological polar surface area (TPSA) is 49.4 Å². The summed E-state index contributed by atoms with van der Waals surface area (Å²) in [6, 6.07) is 0. The number of hydrogen-bond donors (Lipinski definition) is 1. The van der Waals surface area contributed by atoms with Gasteiger partial charge in [-0.25, -0.2) is 5.01 Å². The van der Waals surface area contributed by atoms with Gasteiger partial charge in [0.2, 0.25) is 0 Å². The first-order chi connectivity index (χ1) is 4.66. The highest BCUT2D eigenvalue weighted by molar-refractivity contribution is 5.90. The van der Waals surface area contributed by atoms with E-state index in [-0.39, 0.29) is 5.91 Å². The van der Waals surface area contributed by atoms with Crippen LogP contribution in [0.1, 0.15) is 0 Å². The molecular weight excluding hydrogens is 132 g/mol. The van der Waals surface area contributed by atoms with Gasteiger partial charge in [-0.2, -0.15) is 0 Å². The van der Waals surface area contributed by atoms with E-state index in [2.05, 4.69) is 5.43 Å². The molecule has 0 unspecified atom stereocenters. The van der Waals surface area contributed by atoms with Gasteiger partial charge in [-0.05, 0) is 6.08 Å². The second-order valence-corrected chi connectivity index (χ2v) is 1.87. The summed E-state index contributed by atoms with van der Waals surface area (Å²) in [4.78, 5) is 20.3. The lowest BCUT2D eigenvalue weighted by Crippen LogP contribution is -2.34. The minimum atomic E-state index is -0.308. The summed E-state index contributed by atoms with van der Waals surface area (Å²) in [5, 5.41) is 1.50. The summed E-state index contributed by atoms with van der Waals surface area (Å²) in [5.74, 6) is -0.308. The lowest BCUT2D eigenvalue weighted by Gasteiger charge is -2.08. The van der Waals surface area contributed by atoms with Crippen LogP contribution >= 0.6 is 0 Å². The second kappa shape index (κ2) is 4.69. The molecule has 10 heavy (non-hydrogen) atoms. The van der Waals surface area contributed by atoms with Crippen molar-refractivity contribution in [1.29, 1.82) is 0 Å². The standard InChI is InChI=1S/C6H10N2O2/c1-8(2)7-6(10)4-3-5-9/h3-5H,1-2H3,(H,7,10)/b4-3-. The third-order valence-electron chi connectivity index (χ3n) is 0.660. The molecule has 0 aromatic rings. The molecule has 0 spiro atoms. The third kappa shape index (κ3) is 4.99. The largest absolute Gasteiger partial charge is 0.299 e. The zero-order valence-electron chi connectivity index (χ0n) is 6.00. The number of aldehydes is 1. The van der Waals surface area contributed by atoms with Crippen LogP contribution in [0.2, 0.25) is 0 Å². The predicted molar refractivity (Wildman–Crippen MR) is 37.0 cm³/mol. The Morgan fingerprint density at radius 1 is 1.50 bits per heavy atom. The first-order valence-corrected chi connectivity index (χ1v) is 2.76. The van der Waals surface area contributed by atoms with E-state index in [1.807, 2.05) is 0 Å². The summed E-state index contributed by atoms with van der Waals surface area (Å²) >= 11 is 0. The number of nitrogens with zero attached hydrogens (tertiary/aromatic N) is 1. The summed E-state index contributed by atoms with van der Waals surface area (Å²) in [5.41, 5.74) is 2.43. The van der Waals surface area contributed by atoms with E-state index in [9.17, 15) is 9.59 Å². The molecule has 0 aromatic heterocycles. The number of nitrogens with one attached hydrogen (secondary N) is 1. The molecule has 0 heterocycles. The minimum absolute atomic E-state index is 0.308. The van der Waals surface area contributed by atoms with Crippen LogP contribution in [0, 0.1) is 0 Å². The lowest BCUT2D eigenvalue weighted by atomic mass is 10.5. The fraction of sp³-hybridized carbons (Fsp3) is 0.333. The fourth-order valence-corrected chi connectivity index (χ4v) is 0.384. The van der Waals surface area contributed by atoms with Crippen LogP contribution < -0.4 is 5.43 Å². The maximum Gasteiger partial charge on any atom is 0.258 e. The Kier molecular flexibility index (Phi) is 4.15. The van der Waals surface area contributed by atoms with Crippen LogP contribution in [-0.2, 0) is 9.59 Å². The molecule has 0 radical (unpaired) electrons. The number of carbonyl (C=O) groups is 2. The van der Waals surface area contributed by atoms with E-state index in [0.717, 1.165) is 12.2 Å². The molecule has 0 aromatic carbocycles. The lowest BCUT2D eigenvalue weighted by molar-refractivity contribution is -0.120. The van der Waals surface area contributed by atoms with Gasteiger partial charge in [-0.1, -0.05) is 0 Å². The first kappa shape index (κ1) is 8.84. The van der Waals surface area contributed by atoms with Crippen LogP contribution in [0.5, 0.6) is 0 Å². The highest BCUT2D eigenvalue weighted by atomic mass is 16.2. The van der Waals surface area contributed by atoms with E-state index in [1.54, 1.807) is 14.1 Å². The van der Waals surface area contributed by atoms with Gasteiger partial charge in [0.05, 0.1) is 0 Å². The monoisotopic (exact) mass is 142 g/mol. The minimum Gasteiger partial charge on any atom is -0.299 e. The Morgan fingerprint density at radius 3 is 2.50 bits per heavy atom. The average Bonchev–Trinajstić information content (AvgIpc) is 1.82. The molecule has 0 rings (SSSR count). The third-order valence-corrected chi connectivity index (χ3v) is 0.660. The van der Waals surface area contributed by atoms with Gasteiger partial charge in [0, 0.05) is 20.2 Å². The van der Waals surface area contributed by atoms with Crippen LogP contribution in [0.25, 0.3) is 0 Å². The summed E-state index contributed by atoms with van der Waals surface area (Å²) in [6.45, 7) is 0. The van der Waals surface area contributed by atoms with Crippen molar-refractivity contribution in [3.63, 3.8) is 0 Å². The van der Waals surface area contributed by atoms with Gasteiger partial charge >= 0.3 is 0 Å². The highest BCUT2D eigenvalue weighted by Crippen LogP contribution is 1.70. The van der Waals surface area contributed by atoms with Crippen LogP contribution in [0.3, 0.4) is 0 Å². The SMILES string of the molecule is CN(C)NC(=O)/C=C\C=O. The Hall–Kier alpha value is -1.16. The van der Waals surface area contributed by atoms with Gasteiger partial charge < -0.3 is 0 Å². The number of hydrogen-bond acceptors (Lipinski definition) is 3. The molecule has 0 aliphatic carbocycles. The average molecular weight is 142 g/mol. The zero-order valence-corrected chi connectivity index (χ0v) is 6.00. The normalized spacial score (nSPS) is 10.3. The fourth-order valence-electron chi connectivity index (χ4n) is 0.384. The maximum absolute atomic E-state index is 10.6. The highest BCUT2D eigenvalue weighted by Gasteiger charge is 1.92. The van der Waals surface area contributed by atoms with Gasteiger partial charge in [0.25, 0.3) is 5.91 Å². The molecule has 0 aliphatic heterocycles. The van der Waals surface area contributed by atoms with E-state index >= 15 is 0 Å². The van der Waals surface area contributed by atoms with Crippen molar-refractivity contribution in [3.8, 4) is 0 Å². The van der Waals surface area contributed by atoms with E-state index < -0.39 is 0 Å². The zero-order chi connectivity index (χ0) is 7.98. The van der Waals surface area contributed by atoms with Crippen LogP contribution in [0.15, 0.2) is 12.2 Å². The Morgan fingerprint density at radius 2 is 2.10 bits per heavy atom. The number of allylic oxidation sites excluding steroid dienone is 1. The van der Waals surface area contributed by atoms with Gasteiger partial charge in [-0.15, -0.1) is 0 Å². The van der Waals surface area contributed by atoms with Gasteiger partial charge in [-0.3, -0.25) is 15.0 Å². The Balaban J connectivity index is 3.64. The number of hydrazine groups is 1. The van der Waals surface area contributed by atoms with Gasteiger partial charge in [0.1, 0.15) is 6.29 Å². The number of rotatable bonds is 3. The number of carbonyl (C=O) groups excluding carboxylic acids is 2. The Bertz CT molecular complexity index is 152. The number of amides is 1. The molecule has 1 N–H and O–H groups in total. The summed E-state index contributed by atoms with van der Waals surface area (Å²) in [6.07, 6.45) is 2.85. The quantitative estimate of drug-likeness (QED) is 0.323. The molecule has 56 valence electrons. The molecule has 0 aliphatic rings. The summed E-state index contributed by atoms with van der Waals surface area (Å²) < 4.78 is 0. The van der Waals surface area contributed by atoms with Crippen LogP contribution in [0.4, 0.5) is 0 Å². The van der Waals surface area contributed by atoms with Crippen molar-refractivity contribution < 1.29 is 9.59 Å². The second-order valence-electron chi connectivity index (χ2n) is 1.87. The molecule has 0 saturated heterocycles. The van der Waals surface area contributed by atoms with Crippen LogP contribution in [-0.4, -0.2) is 31.3 Å². The van der Waals surface area contributed by atoms with E-state index in [4.69, 9.17) is 0 Å². The first-order valence-electron chi connectivity index (χ1n) is 2.76. The molecular formula is C6H10N2O2. The molecule has 0 saturated carbocycles. The maximum atomic E-state index is 10.6.